The van der Waals surface area contributed by atoms with Crippen molar-refractivity contribution in [2.24, 2.45) is 16.6 Å². The third-order valence-electron chi connectivity index (χ3n) is 5.08. The van der Waals surface area contributed by atoms with Gasteiger partial charge in [-0.05, 0) is 49.6 Å². The maximum atomic E-state index is 11.5. The smallest absolute Gasteiger partial charge is 0.221 e. The number of carbonyl (C=O) groups excluding carboxylic acids is 1. The van der Waals surface area contributed by atoms with Crippen molar-refractivity contribution >= 4 is 11.9 Å². The van der Waals surface area contributed by atoms with E-state index in [0.717, 1.165) is 56.3 Å². The Bertz CT molecular complexity index is 803. The first-order chi connectivity index (χ1) is 14.1. The van der Waals surface area contributed by atoms with E-state index >= 15 is 0 Å². The van der Waals surface area contributed by atoms with Gasteiger partial charge in [0.25, 0.3) is 0 Å². The summed E-state index contributed by atoms with van der Waals surface area (Å²) in [6.45, 7) is 6.60. The van der Waals surface area contributed by atoms with Crippen LogP contribution in [0.25, 0.3) is 0 Å². The molecule has 0 saturated carbocycles. The summed E-state index contributed by atoms with van der Waals surface area (Å²) in [7, 11) is 0. The van der Waals surface area contributed by atoms with E-state index in [1.165, 1.54) is 5.56 Å². The molecule has 1 aliphatic heterocycles. The van der Waals surface area contributed by atoms with Crippen molar-refractivity contribution in [3.05, 3.63) is 59.5 Å². The average molecular weight is 398 g/mol. The minimum absolute atomic E-state index is 0.0283. The highest BCUT2D eigenvalue weighted by atomic mass is 16.3. The molecule has 1 aliphatic rings. The molecule has 7 nitrogen and oxygen atoms in total. The van der Waals surface area contributed by atoms with Gasteiger partial charge in [0.15, 0.2) is 5.96 Å². The summed E-state index contributed by atoms with van der Waals surface area (Å²) in [4.78, 5) is 18.5. The van der Waals surface area contributed by atoms with Gasteiger partial charge < -0.3 is 20.8 Å². The lowest BCUT2D eigenvalue weighted by Gasteiger charge is -2.31. The maximum absolute atomic E-state index is 11.5. The van der Waals surface area contributed by atoms with Gasteiger partial charge in [-0.25, -0.2) is 4.99 Å². The first-order valence-electron chi connectivity index (χ1n) is 10.3. The van der Waals surface area contributed by atoms with E-state index in [1.807, 2.05) is 19.1 Å². The molecule has 1 amide bonds. The number of carbonyl (C=O) groups is 1. The molecule has 7 heteroatoms. The molecule has 3 rings (SSSR count). The molecule has 1 unspecified atom stereocenters. The second-order valence-electron chi connectivity index (χ2n) is 7.42. The largest absolute Gasteiger partial charge is 0.467 e. The lowest BCUT2D eigenvalue weighted by atomic mass is 9.97. The lowest BCUT2D eigenvalue weighted by molar-refractivity contribution is -0.123. The van der Waals surface area contributed by atoms with Crippen LogP contribution in [-0.4, -0.2) is 36.4 Å². The van der Waals surface area contributed by atoms with Crippen molar-refractivity contribution in [3.63, 3.8) is 0 Å². The summed E-state index contributed by atoms with van der Waals surface area (Å²) in [6, 6.07) is 12.3. The fourth-order valence-corrected chi connectivity index (χ4v) is 3.61. The average Bonchev–Trinajstić information content (AvgIpc) is 3.24. The van der Waals surface area contributed by atoms with Crippen molar-refractivity contribution in [2.75, 3.05) is 19.6 Å². The number of piperidine rings is 1. The third kappa shape index (κ3) is 6.64. The van der Waals surface area contributed by atoms with Gasteiger partial charge in [-0.2, -0.15) is 0 Å². The van der Waals surface area contributed by atoms with Crippen molar-refractivity contribution in [2.45, 2.75) is 39.4 Å². The predicted molar refractivity (Wildman–Crippen MR) is 114 cm³/mol. The van der Waals surface area contributed by atoms with Gasteiger partial charge in [-0.15, -0.1) is 0 Å². The van der Waals surface area contributed by atoms with E-state index in [-0.39, 0.29) is 11.8 Å². The molecule has 2 heterocycles. The molecule has 1 saturated heterocycles. The van der Waals surface area contributed by atoms with Crippen molar-refractivity contribution in [1.82, 2.24) is 15.5 Å². The second-order valence-corrected chi connectivity index (χ2v) is 7.42. The van der Waals surface area contributed by atoms with Gasteiger partial charge in [-0.3, -0.25) is 9.69 Å². The molecule has 1 atom stereocenters. The maximum Gasteiger partial charge on any atom is 0.221 e. The summed E-state index contributed by atoms with van der Waals surface area (Å²) in [5.74, 6) is 1.42. The summed E-state index contributed by atoms with van der Waals surface area (Å²) < 4.78 is 5.36. The van der Waals surface area contributed by atoms with Crippen LogP contribution in [0.1, 0.15) is 36.7 Å². The van der Waals surface area contributed by atoms with Crippen molar-refractivity contribution < 1.29 is 9.21 Å². The number of hydrogen-bond acceptors (Lipinski definition) is 4. The van der Waals surface area contributed by atoms with Crippen LogP contribution in [0.4, 0.5) is 0 Å². The second kappa shape index (κ2) is 10.7. The molecule has 1 aromatic carbocycles. The molecule has 0 spiro atoms. The number of primary amides is 1. The highest BCUT2D eigenvalue weighted by molar-refractivity contribution is 5.79. The fourth-order valence-electron chi connectivity index (χ4n) is 3.61. The first-order valence-corrected chi connectivity index (χ1v) is 10.3. The highest BCUT2D eigenvalue weighted by Crippen LogP contribution is 2.19. The van der Waals surface area contributed by atoms with Crippen LogP contribution < -0.4 is 16.4 Å². The summed E-state index contributed by atoms with van der Waals surface area (Å²) in [5.41, 5.74) is 7.88. The van der Waals surface area contributed by atoms with Crippen LogP contribution in [0, 0.1) is 5.92 Å². The van der Waals surface area contributed by atoms with Gasteiger partial charge in [0.05, 0.1) is 25.3 Å². The number of guanidine groups is 1. The zero-order valence-electron chi connectivity index (χ0n) is 17.1. The van der Waals surface area contributed by atoms with Crippen LogP contribution in [0.3, 0.4) is 0 Å². The first kappa shape index (κ1) is 20.9. The number of nitrogens with one attached hydrogen (secondary N) is 2. The number of aliphatic imine (C=N–C) groups is 1. The SMILES string of the molecule is CCNC(=NCc1cccc(CN2CCCC(C(N)=O)C2)c1)NCc1ccco1. The minimum atomic E-state index is -0.184. The van der Waals surface area contributed by atoms with E-state index in [4.69, 9.17) is 10.2 Å². The highest BCUT2D eigenvalue weighted by Gasteiger charge is 2.23. The third-order valence-corrected chi connectivity index (χ3v) is 5.08. The molecule has 156 valence electrons. The molecule has 2 aromatic rings. The quantitative estimate of drug-likeness (QED) is 0.469. The number of nitrogens with zero attached hydrogens (tertiary/aromatic N) is 2. The summed E-state index contributed by atoms with van der Waals surface area (Å²) >= 11 is 0. The van der Waals surface area contributed by atoms with E-state index in [9.17, 15) is 4.79 Å². The van der Waals surface area contributed by atoms with E-state index in [1.54, 1.807) is 6.26 Å². The number of hydrogen-bond donors (Lipinski definition) is 3. The number of likely N-dealkylation sites (tertiary alicyclic amines) is 1. The number of furan rings is 1. The van der Waals surface area contributed by atoms with Crippen LogP contribution in [0.15, 0.2) is 52.1 Å². The van der Waals surface area contributed by atoms with Crippen molar-refractivity contribution in [1.29, 1.82) is 0 Å². The number of nitrogens with two attached hydrogens (primary N) is 1. The standard InChI is InChI=1S/C22H31N5O2/c1-2-24-22(26-14-20-9-5-11-29-20)25-13-17-6-3-7-18(12-17)15-27-10-4-8-19(16-27)21(23)28/h3,5-7,9,11-12,19H,2,4,8,10,13-16H2,1H3,(H2,23,28)(H2,24,25,26). The normalized spacial score (nSPS) is 17.8. The van der Waals surface area contributed by atoms with E-state index in [0.29, 0.717) is 13.1 Å². The Balaban J connectivity index is 1.57. The number of amides is 1. The topological polar surface area (TPSA) is 95.9 Å². The Labute approximate surface area is 172 Å². The van der Waals surface area contributed by atoms with Gasteiger partial charge in [0, 0.05) is 19.6 Å². The number of rotatable bonds is 8. The van der Waals surface area contributed by atoms with Gasteiger partial charge in [-0.1, -0.05) is 24.3 Å². The molecule has 0 bridgehead atoms. The lowest BCUT2D eigenvalue weighted by Crippen LogP contribution is -2.40. The van der Waals surface area contributed by atoms with Crippen LogP contribution in [0.5, 0.6) is 0 Å². The number of benzene rings is 1. The summed E-state index contributed by atoms with van der Waals surface area (Å²) in [5, 5.41) is 6.54. The van der Waals surface area contributed by atoms with Crippen LogP contribution >= 0.6 is 0 Å². The molecule has 0 radical (unpaired) electrons. The Morgan fingerprint density at radius 1 is 1.28 bits per heavy atom. The molecule has 0 aliphatic carbocycles. The van der Waals surface area contributed by atoms with Gasteiger partial charge >= 0.3 is 0 Å². The van der Waals surface area contributed by atoms with E-state index < -0.39 is 0 Å². The minimum Gasteiger partial charge on any atom is -0.467 e. The predicted octanol–water partition coefficient (Wildman–Crippen LogP) is 2.23. The van der Waals surface area contributed by atoms with Gasteiger partial charge in [0.2, 0.25) is 5.91 Å². The van der Waals surface area contributed by atoms with Crippen LogP contribution in [0.2, 0.25) is 0 Å². The molecule has 4 N–H and O–H groups in total. The zero-order chi connectivity index (χ0) is 20.5. The Morgan fingerprint density at radius 3 is 2.90 bits per heavy atom. The Kier molecular flexibility index (Phi) is 7.69. The zero-order valence-corrected chi connectivity index (χ0v) is 17.1. The van der Waals surface area contributed by atoms with Crippen LogP contribution in [-0.2, 0) is 24.4 Å². The fraction of sp³-hybridized carbons (Fsp3) is 0.455. The van der Waals surface area contributed by atoms with Gasteiger partial charge in [0.1, 0.15) is 5.76 Å². The molecule has 29 heavy (non-hydrogen) atoms. The molecular formula is C22H31N5O2. The Hall–Kier alpha value is -2.80. The molecule has 1 aromatic heterocycles. The molecule has 1 fully saturated rings. The summed E-state index contributed by atoms with van der Waals surface area (Å²) in [6.07, 6.45) is 3.59. The molecular weight excluding hydrogens is 366 g/mol. The van der Waals surface area contributed by atoms with E-state index in [2.05, 4.69) is 44.8 Å². The monoisotopic (exact) mass is 397 g/mol. The van der Waals surface area contributed by atoms with Crippen molar-refractivity contribution in [3.8, 4) is 0 Å². The Morgan fingerprint density at radius 2 is 2.14 bits per heavy atom.